The smallest absolute Gasteiger partial charge is 0.295 e. The normalized spacial score (nSPS) is 13.0. The first-order valence-electron chi connectivity index (χ1n) is 7.86. The van der Waals surface area contributed by atoms with E-state index in [-0.39, 0.29) is 27.3 Å². The van der Waals surface area contributed by atoms with E-state index in [1.807, 2.05) is 4.72 Å². The Labute approximate surface area is 163 Å². The van der Waals surface area contributed by atoms with Crippen LogP contribution in [-0.2, 0) is 22.7 Å². The van der Waals surface area contributed by atoms with Gasteiger partial charge in [-0.05, 0) is 36.4 Å². The number of alkyl halides is 6. The van der Waals surface area contributed by atoms with Crippen LogP contribution in [0.5, 0.6) is 0 Å². The van der Waals surface area contributed by atoms with Crippen LogP contribution in [0, 0.1) is 5.82 Å². The molecule has 0 saturated carbocycles. The SMILES string of the molecule is O=c1c2cc(NS(=O)(=O)c3ccc(F)c(C(F)(F)F)c3)ccc2[nH]n1CC(F)(F)F. The topological polar surface area (TPSA) is 84.0 Å². The van der Waals surface area contributed by atoms with E-state index in [1.54, 1.807) is 0 Å². The zero-order chi connectivity index (χ0) is 22.5. The van der Waals surface area contributed by atoms with Crippen molar-refractivity contribution in [3.8, 4) is 0 Å². The lowest BCUT2D eigenvalue weighted by Crippen LogP contribution is -2.26. The van der Waals surface area contributed by atoms with Gasteiger partial charge in [-0.2, -0.15) is 26.3 Å². The number of H-pyrrole nitrogens is 1. The van der Waals surface area contributed by atoms with Crippen molar-refractivity contribution in [3.63, 3.8) is 0 Å². The van der Waals surface area contributed by atoms with Crippen LogP contribution < -0.4 is 10.3 Å². The highest BCUT2D eigenvalue weighted by Gasteiger charge is 2.35. The second kappa shape index (κ2) is 7.04. The Morgan fingerprint density at radius 3 is 2.27 bits per heavy atom. The molecule has 3 aromatic rings. The van der Waals surface area contributed by atoms with Gasteiger partial charge in [0.05, 0.1) is 21.4 Å². The average molecular weight is 457 g/mol. The zero-order valence-corrected chi connectivity index (χ0v) is 15.2. The van der Waals surface area contributed by atoms with Crippen LogP contribution in [0.4, 0.5) is 36.4 Å². The molecule has 1 aromatic heterocycles. The van der Waals surface area contributed by atoms with Crippen LogP contribution in [0.25, 0.3) is 10.9 Å². The molecule has 162 valence electrons. The standard InChI is InChI=1S/C16H10F7N3O3S/c17-12-3-2-9(6-11(12)16(21,22)23)30(28,29)25-8-1-4-13-10(5-8)14(27)26(24-13)7-15(18,19)20/h1-6,24-25H,7H2. The Bertz CT molecular complexity index is 1270. The zero-order valence-electron chi connectivity index (χ0n) is 14.4. The molecule has 0 saturated heterocycles. The maximum absolute atomic E-state index is 13.4. The summed E-state index contributed by atoms with van der Waals surface area (Å²) in [6, 6.07) is 4.17. The minimum atomic E-state index is -5.14. The predicted molar refractivity (Wildman–Crippen MR) is 90.8 cm³/mol. The number of nitrogens with zero attached hydrogens (tertiary/aromatic N) is 1. The van der Waals surface area contributed by atoms with E-state index in [1.165, 1.54) is 0 Å². The highest BCUT2D eigenvalue weighted by molar-refractivity contribution is 7.92. The summed E-state index contributed by atoms with van der Waals surface area (Å²) in [6.45, 7) is -1.60. The largest absolute Gasteiger partial charge is 0.419 e. The number of fused-ring (bicyclic) bond motifs is 1. The van der Waals surface area contributed by atoms with Crippen molar-refractivity contribution >= 4 is 26.6 Å². The Hall–Kier alpha value is -3.03. The molecule has 30 heavy (non-hydrogen) atoms. The van der Waals surface area contributed by atoms with E-state index < -0.39 is 50.8 Å². The number of aromatic amines is 1. The van der Waals surface area contributed by atoms with E-state index in [2.05, 4.69) is 5.10 Å². The lowest BCUT2D eigenvalue weighted by atomic mass is 10.2. The van der Waals surface area contributed by atoms with Crippen molar-refractivity contribution in [1.29, 1.82) is 0 Å². The minimum Gasteiger partial charge on any atom is -0.295 e. The van der Waals surface area contributed by atoms with Gasteiger partial charge in [0.2, 0.25) is 0 Å². The van der Waals surface area contributed by atoms with Crippen LogP contribution >= 0.6 is 0 Å². The second-order valence-electron chi connectivity index (χ2n) is 6.12. The van der Waals surface area contributed by atoms with Gasteiger partial charge >= 0.3 is 12.4 Å². The third-order valence-corrected chi connectivity index (χ3v) is 5.27. The lowest BCUT2D eigenvalue weighted by Gasteiger charge is -2.12. The maximum atomic E-state index is 13.4. The molecule has 0 aliphatic rings. The summed E-state index contributed by atoms with van der Waals surface area (Å²) in [7, 11) is -4.63. The molecule has 0 unspecified atom stereocenters. The molecule has 0 bridgehead atoms. The molecular weight excluding hydrogens is 447 g/mol. The van der Waals surface area contributed by atoms with Gasteiger partial charge in [-0.3, -0.25) is 14.6 Å². The molecule has 2 aromatic carbocycles. The van der Waals surface area contributed by atoms with Gasteiger partial charge in [0.1, 0.15) is 12.4 Å². The Morgan fingerprint density at radius 1 is 1.00 bits per heavy atom. The third kappa shape index (κ3) is 4.42. The van der Waals surface area contributed by atoms with Crippen LogP contribution in [0.1, 0.15) is 5.56 Å². The van der Waals surface area contributed by atoms with Gasteiger partial charge in [-0.15, -0.1) is 0 Å². The number of halogens is 7. The van der Waals surface area contributed by atoms with Gasteiger partial charge < -0.3 is 0 Å². The van der Waals surface area contributed by atoms with Crippen molar-refractivity contribution in [3.05, 3.63) is 58.1 Å². The highest BCUT2D eigenvalue weighted by Crippen LogP contribution is 2.33. The van der Waals surface area contributed by atoms with Gasteiger partial charge in [-0.25, -0.2) is 17.5 Å². The summed E-state index contributed by atoms with van der Waals surface area (Å²) in [5.74, 6) is -1.67. The number of aromatic nitrogens is 2. The fourth-order valence-corrected chi connectivity index (χ4v) is 3.69. The van der Waals surface area contributed by atoms with Crippen molar-refractivity contribution < 1.29 is 39.2 Å². The van der Waals surface area contributed by atoms with Crippen molar-refractivity contribution in [1.82, 2.24) is 9.78 Å². The molecule has 0 radical (unpaired) electrons. The van der Waals surface area contributed by atoms with Gasteiger partial charge in [0.15, 0.2) is 0 Å². The Kier molecular flexibility index (Phi) is 5.08. The monoisotopic (exact) mass is 457 g/mol. The highest BCUT2D eigenvalue weighted by atomic mass is 32.2. The van der Waals surface area contributed by atoms with Crippen LogP contribution in [0.3, 0.4) is 0 Å². The lowest BCUT2D eigenvalue weighted by molar-refractivity contribution is -0.143. The van der Waals surface area contributed by atoms with E-state index in [9.17, 15) is 43.9 Å². The van der Waals surface area contributed by atoms with Crippen LogP contribution in [0.15, 0.2) is 46.1 Å². The number of nitrogens with one attached hydrogen (secondary N) is 2. The van der Waals surface area contributed by atoms with E-state index in [0.29, 0.717) is 12.1 Å². The number of sulfonamides is 1. The molecular formula is C16H10F7N3O3S. The van der Waals surface area contributed by atoms with E-state index in [0.717, 1.165) is 18.2 Å². The van der Waals surface area contributed by atoms with Crippen molar-refractivity contribution in [2.24, 2.45) is 0 Å². The molecule has 6 nitrogen and oxygen atoms in total. The van der Waals surface area contributed by atoms with Crippen LogP contribution in [-0.4, -0.2) is 24.4 Å². The first-order valence-corrected chi connectivity index (χ1v) is 9.34. The summed E-state index contributed by atoms with van der Waals surface area (Å²) in [6.07, 6.45) is -9.82. The molecule has 14 heteroatoms. The molecule has 0 aliphatic carbocycles. The molecule has 2 N–H and O–H groups in total. The second-order valence-corrected chi connectivity index (χ2v) is 7.81. The van der Waals surface area contributed by atoms with Crippen LogP contribution in [0.2, 0.25) is 0 Å². The summed E-state index contributed by atoms with van der Waals surface area (Å²) < 4.78 is 116. The fraction of sp³-hybridized carbons (Fsp3) is 0.188. The Balaban J connectivity index is 1.98. The summed E-state index contributed by atoms with van der Waals surface area (Å²) in [5, 5.41) is 1.93. The number of benzene rings is 2. The van der Waals surface area contributed by atoms with Gasteiger partial charge in [0.25, 0.3) is 15.6 Å². The molecule has 3 rings (SSSR count). The number of hydrogen-bond acceptors (Lipinski definition) is 3. The Morgan fingerprint density at radius 2 is 1.67 bits per heavy atom. The number of rotatable bonds is 4. The van der Waals surface area contributed by atoms with Crippen molar-refractivity contribution in [2.75, 3.05) is 4.72 Å². The average Bonchev–Trinajstić information content (AvgIpc) is 2.88. The molecule has 0 fully saturated rings. The molecule has 0 aliphatic heterocycles. The van der Waals surface area contributed by atoms with Crippen molar-refractivity contribution in [2.45, 2.75) is 23.8 Å². The summed E-state index contributed by atoms with van der Waals surface area (Å²) in [4.78, 5) is 11.2. The van der Waals surface area contributed by atoms with Gasteiger partial charge in [0, 0.05) is 5.69 Å². The molecule has 0 spiro atoms. The van der Waals surface area contributed by atoms with E-state index >= 15 is 0 Å². The fourth-order valence-electron chi connectivity index (χ4n) is 2.62. The molecule has 0 atom stereocenters. The van der Waals surface area contributed by atoms with Gasteiger partial charge in [-0.1, -0.05) is 0 Å². The van der Waals surface area contributed by atoms with E-state index in [4.69, 9.17) is 0 Å². The first kappa shape index (κ1) is 21.7. The summed E-state index contributed by atoms with van der Waals surface area (Å²) in [5.41, 5.74) is -3.19. The third-order valence-electron chi connectivity index (χ3n) is 3.89. The maximum Gasteiger partial charge on any atom is 0.419 e. The summed E-state index contributed by atoms with van der Waals surface area (Å²) >= 11 is 0. The quantitative estimate of drug-likeness (QED) is 0.584. The number of anilines is 1. The molecule has 0 amide bonds. The first-order chi connectivity index (χ1) is 13.7. The minimum absolute atomic E-state index is 0.0201. The molecule has 1 heterocycles. The predicted octanol–water partition coefficient (Wildman–Crippen LogP) is 3.85. The number of hydrogen-bond donors (Lipinski definition) is 2.